The van der Waals surface area contributed by atoms with Gasteiger partial charge in [0, 0.05) is 6.21 Å². The number of aliphatic imine (C=N–C) groups is 2. The molecule has 5 heteroatoms. The van der Waals surface area contributed by atoms with Gasteiger partial charge in [-0.25, -0.2) is 9.67 Å². The normalized spacial score (nSPS) is 20.1. The van der Waals surface area contributed by atoms with Crippen molar-refractivity contribution >= 4 is 23.1 Å². The lowest BCUT2D eigenvalue weighted by Gasteiger charge is -2.13. The van der Waals surface area contributed by atoms with Gasteiger partial charge in [-0.1, -0.05) is 17.3 Å². The van der Waals surface area contributed by atoms with Gasteiger partial charge in [0.15, 0.2) is 0 Å². The van der Waals surface area contributed by atoms with Crippen molar-refractivity contribution in [2.24, 2.45) is 9.98 Å². The average molecular weight is 213 g/mol. The molecule has 0 saturated carbocycles. The Morgan fingerprint density at radius 1 is 1.31 bits per heavy atom. The van der Waals surface area contributed by atoms with E-state index in [2.05, 4.69) is 20.3 Å². The highest BCUT2D eigenvalue weighted by molar-refractivity contribution is 5.91. The van der Waals surface area contributed by atoms with Crippen molar-refractivity contribution in [3.05, 3.63) is 24.3 Å². The number of hydrogen-bond acceptors (Lipinski definition) is 4. The summed E-state index contributed by atoms with van der Waals surface area (Å²) >= 11 is 0. The fourth-order valence-electron chi connectivity index (χ4n) is 1.78. The van der Waals surface area contributed by atoms with Gasteiger partial charge in [0.05, 0.1) is 12.1 Å². The highest BCUT2D eigenvalue weighted by atomic mass is 15.4. The van der Waals surface area contributed by atoms with Crippen molar-refractivity contribution in [3.8, 4) is 0 Å². The molecule has 0 saturated heterocycles. The number of fused-ring (bicyclic) bond motifs is 1. The number of amidine groups is 1. The summed E-state index contributed by atoms with van der Waals surface area (Å²) in [6, 6.07) is 7.98. The maximum absolute atomic E-state index is 4.30. The molecule has 0 radical (unpaired) electrons. The molecule has 5 nitrogen and oxygen atoms in total. The van der Waals surface area contributed by atoms with Crippen LogP contribution in [0.4, 0.5) is 0 Å². The van der Waals surface area contributed by atoms with E-state index >= 15 is 0 Å². The molecule has 2 aromatic rings. The smallest absolute Gasteiger partial charge is 0.119 e. The maximum atomic E-state index is 4.30. The first kappa shape index (κ1) is 9.21. The van der Waals surface area contributed by atoms with Gasteiger partial charge in [-0.15, -0.1) is 5.10 Å². The van der Waals surface area contributed by atoms with E-state index in [1.165, 1.54) is 0 Å². The minimum atomic E-state index is 0.0797. The first-order valence-corrected chi connectivity index (χ1v) is 5.20. The monoisotopic (exact) mass is 213 g/mol. The van der Waals surface area contributed by atoms with Crippen LogP contribution in [-0.2, 0) is 0 Å². The van der Waals surface area contributed by atoms with Crippen LogP contribution in [0.15, 0.2) is 34.3 Å². The van der Waals surface area contributed by atoms with Crippen LogP contribution in [0.1, 0.15) is 13.0 Å². The zero-order chi connectivity index (χ0) is 11.0. The molecule has 0 spiro atoms. The third kappa shape index (κ3) is 1.41. The van der Waals surface area contributed by atoms with Gasteiger partial charge >= 0.3 is 0 Å². The van der Waals surface area contributed by atoms with Gasteiger partial charge in [0.2, 0.25) is 0 Å². The van der Waals surface area contributed by atoms with E-state index in [0.29, 0.717) is 6.54 Å². The first-order chi connectivity index (χ1) is 7.84. The maximum Gasteiger partial charge on any atom is 0.119 e. The number of nitrogens with zero attached hydrogens (tertiary/aromatic N) is 5. The Labute approximate surface area is 92.5 Å². The van der Waals surface area contributed by atoms with E-state index in [1.807, 2.05) is 42.1 Å². The van der Waals surface area contributed by atoms with Crippen molar-refractivity contribution in [1.82, 2.24) is 15.0 Å². The molecule has 1 aliphatic heterocycles. The van der Waals surface area contributed by atoms with Crippen molar-refractivity contribution in [1.29, 1.82) is 0 Å². The summed E-state index contributed by atoms with van der Waals surface area (Å²) in [6.07, 6.45) is 1.88. The highest BCUT2D eigenvalue weighted by Crippen LogP contribution is 2.16. The third-order valence-corrected chi connectivity index (χ3v) is 2.63. The van der Waals surface area contributed by atoms with Gasteiger partial charge in [-0.05, 0) is 19.1 Å². The molecule has 0 N–H and O–H groups in total. The van der Waals surface area contributed by atoms with Crippen LogP contribution in [-0.4, -0.2) is 33.6 Å². The van der Waals surface area contributed by atoms with E-state index in [4.69, 9.17) is 0 Å². The molecule has 0 amide bonds. The topological polar surface area (TPSA) is 55.4 Å². The molecule has 0 aliphatic carbocycles. The lowest BCUT2D eigenvalue weighted by Crippen LogP contribution is -2.19. The van der Waals surface area contributed by atoms with Crippen LogP contribution in [0.3, 0.4) is 0 Å². The molecule has 80 valence electrons. The second kappa shape index (κ2) is 3.52. The molecule has 16 heavy (non-hydrogen) atoms. The fourth-order valence-corrected chi connectivity index (χ4v) is 1.78. The molecule has 1 aromatic carbocycles. The summed E-state index contributed by atoms with van der Waals surface area (Å²) in [4.78, 5) is 8.51. The number of hydrogen-bond donors (Lipinski definition) is 0. The van der Waals surface area contributed by atoms with Gasteiger partial charge in [0.1, 0.15) is 17.4 Å². The molecule has 1 aliphatic rings. The largest absolute Gasteiger partial charge is 0.268 e. The predicted octanol–water partition coefficient (Wildman–Crippen LogP) is 1.48. The van der Waals surface area contributed by atoms with Crippen LogP contribution < -0.4 is 0 Å². The van der Waals surface area contributed by atoms with Crippen LogP contribution in [0.5, 0.6) is 0 Å². The Morgan fingerprint density at radius 3 is 3.00 bits per heavy atom. The summed E-state index contributed by atoms with van der Waals surface area (Å²) in [5, 5.41) is 8.27. The van der Waals surface area contributed by atoms with Gasteiger partial charge in [0.25, 0.3) is 0 Å². The Balaban J connectivity index is 2.04. The third-order valence-electron chi connectivity index (χ3n) is 2.63. The molecule has 1 unspecified atom stereocenters. The van der Waals surface area contributed by atoms with Gasteiger partial charge in [-0.3, -0.25) is 4.99 Å². The summed E-state index contributed by atoms with van der Waals surface area (Å²) in [5.74, 6) is 0.820. The van der Waals surface area contributed by atoms with Crippen molar-refractivity contribution in [3.63, 3.8) is 0 Å². The van der Waals surface area contributed by atoms with Gasteiger partial charge < -0.3 is 0 Å². The van der Waals surface area contributed by atoms with Crippen LogP contribution in [0.2, 0.25) is 0 Å². The van der Waals surface area contributed by atoms with E-state index in [9.17, 15) is 0 Å². The van der Waals surface area contributed by atoms with E-state index in [0.717, 1.165) is 16.9 Å². The van der Waals surface area contributed by atoms with Crippen molar-refractivity contribution < 1.29 is 0 Å². The van der Waals surface area contributed by atoms with Crippen LogP contribution >= 0.6 is 0 Å². The van der Waals surface area contributed by atoms with Crippen LogP contribution in [0, 0.1) is 0 Å². The van der Waals surface area contributed by atoms with E-state index in [1.54, 1.807) is 0 Å². The Bertz CT molecular complexity index is 581. The molecular weight excluding hydrogens is 202 g/mol. The quantitative estimate of drug-likeness (QED) is 0.720. The molecule has 2 heterocycles. The highest BCUT2D eigenvalue weighted by Gasteiger charge is 2.15. The SMILES string of the molecule is CC1=NCC(n2nnc3ccccc32)C=N1. The fraction of sp³-hybridized carbons (Fsp3) is 0.273. The Hall–Kier alpha value is -2.04. The summed E-state index contributed by atoms with van der Waals surface area (Å²) in [7, 11) is 0. The molecule has 0 fully saturated rings. The minimum absolute atomic E-state index is 0.0797. The summed E-state index contributed by atoms with van der Waals surface area (Å²) < 4.78 is 1.87. The molecule has 1 aromatic heterocycles. The van der Waals surface area contributed by atoms with Crippen molar-refractivity contribution in [2.75, 3.05) is 6.54 Å². The number of benzene rings is 1. The lowest BCUT2D eigenvalue weighted by atomic mass is 10.2. The molecule has 1 atom stereocenters. The molecular formula is C11H11N5. The summed E-state index contributed by atoms with van der Waals surface area (Å²) in [6.45, 7) is 2.58. The minimum Gasteiger partial charge on any atom is -0.268 e. The predicted molar refractivity (Wildman–Crippen MR) is 63.0 cm³/mol. The second-order valence-electron chi connectivity index (χ2n) is 3.76. The van der Waals surface area contributed by atoms with Gasteiger partial charge in [-0.2, -0.15) is 0 Å². The second-order valence-corrected chi connectivity index (χ2v) is 3.76. The first-order valence-electron chi connectivity index (χ1n) is 5.20. The number of para-hydroxylation sites is 1. The number of aromatic nitrogens is 3. The molecule has 0 bridgehead atoms. The zero-order valence-electron chi connectivity index (χ0n) is 8.91. The zero-order valence-corrected chi connectivity index (χ0v) is 8.91. The lowest BCUT2D eigenvalue weighted by molar-refractivity contribution is 0.574. The average Bonchev–Trinajstić information content (AvgIpc) is 2.74. The molecule has 3 rings (SSSR count). The van der Waals surface area contributed by atoms with Crippen molar-refractivity contribution in [2.45, 2.75) is 13.0 Å². The number of rotatable bonds is 1. The van der Waals surface area contributed by atoms with Crippen LogP contribution in [0.25, 0.3) is 11.0 Å². The summed E-state index contributed by atoms with van der Waals surface area (Å²) in [5.41, 5.74) is 1.93. The Kier molecular flexibility index (Phi) is 2.02. The van der Waals surface area contributed by atoms with E-state index < -0.39 is 0 Å². The standard InChI is InChI=1S/C11H11N5/c1-8-12-6-9(7-13-8)16-11-5-3-2-4-10(11)14-15-16/h2-6,9H,7H2,1H3. The van der Waals surface area contributed by atoms with E-state index in [-0.39, 0.29) is 6.04 Å². The Morgan fingerprint density at radius 2 is 2.19 bits per heavy atom.